The highest BCUT2D eigenvalue weighted by Crippen LogP contribution is 2.26. The minimum absolute atomic E-state index is 0.582. The fourth-order valence-corrected chi connectivity index (χ4v) is 2.45. The van der Waals surface area contributed by atoms with Crippen molar-refractivity contribution in [3.05, 3.63) is 42.4 Å². The number of aryl methyl sites for hydroxylation is 1. The maximum Gasteiger partial charge on any atom is 0.226 e. The molecule has 0 N–H and O–H groups in total. The fourth-order valence-electron chi connectivity index (χ4n) is 1.62. The molecule has 3 aromatic rings. The molecule has 0 aliphatic rings. The summed E-state index contributed by atoms with van der Waals surface area (Å²) >= 11 is 1.57. The Morgan fingerprint density at radius 2 is 2.06 bits per heavy atom. The molecule has 0 unspecified atom stereocenters. The quantitative estimate of drug-likeness (QED) is 0.531. The summed E-state index contributed by atoms with van der Waals surface area (Å²) in [5.74, 6) is 1.81. The van der Waals surface area contributed by atoms with Crippen LogP contribution < -0.4 is 0 Å². The Bertz CT molecular complexity index is 677. The first kappa shape index (κ1) is 11.2. The van der Waals surface area contributed by atoms with Gasteiger partial charge in [-0.15, -0.1) is 10.2 Å². The lowest BCUT2D eigenvalue weighted by molar-refractivity contribution is 0.485. The Morgan fingerprint density at radius 1 is 1.17 bits per heavy atom. The van der Waals surface area contributed by atoms with Gasteiger partial charge in [-0.2, -0.15) is 0 Å². The molecule has 0 radical (unpaired) electrons. The van der Waals surface area contributed by atoms with Crippen LogP contribution in [0.3, 0.4) is 0 Å². The molecule has 0 spiro atoms. The van der Waals surface area contributed by atoms with Gasteiger partial charge in [-0.05, 0) is 6.07 Å². The molecule has 0 saturated carbocycles. The number of fused-ring (bicyclic) bond motifs is 1. The van der Waals surface area contributed by atoms with Crippen LogP contribution in [0, 0.1) is 6.92 Å². The monoisotopic (exact) mass is 258 g/mol. The van der Waals surface area contributed by atoms with Gasteiger partial charge in [-0.25, -0.2) is 9.97 Å². The van der Waals surface area contributed by atoms with Crippen molar-refractivity contribution in [3.63, 3.8) is 0 Å². The van der Waals surface area contributed by atoms with Gasteiger partial charge in [0, 0.05) is 12.3 Å². The average molecular weight is 258 g/mol. The molecule has 2 aromatic heterocycles. The van der Waals surface area contributed by atoms with E-state index in [0.717, 1.165) is 15.9 Å². The van der Waals surface area contributed by atoms with Crippen molar-refractivity contribution < 1.29 is 4.42 Å². The lowest BCUT2D eigenvalue weighted by Crippen LogP contribution is -1.88. The highest BCUT2D eigenvalue weighted by molar-refractivity contribution is 7.98. The third-order valence-corrected chi connectivity index (χ3v) is 3.40. The van der Waals surface area contributed by atoms with Crippen LogP contribution in [0.1, 0.15) is 11.8 Å². The molecule has 2 heterocycles. The summed E-state index contributed by atoms with van der Waals surface area (Å²) in [7, 11) is 0. The van der Waals surface area contributed by atoms with Crippen molar-refractivity contribution in [3.8, 4) is 0 Å². The third kappa shape index (κ3) is 2.19. The van der Waals surface area contributed by atoms with Crippen LogP contribution >= 0.6 is 11.8 Å². The smallest absolute Gasteiger partial charge is 0.226 e. The minimum atomic E-state index is 0.582. The molecule has 0 bridgehead atoms. The summed E-state index contributed by atoms with van der Waals surface area (Å²) in [6.45, 7) is 1.78. The Morgan fingerprint density at radius 3 is 2.89 bits per heavy atom. The van der Waals surface area contributed by atoms with Gasteiger partial charge >= 0.3 is 0 Å². The molecule has 5 nitrogen and oxygen atoms in total. The van der Waals surface area contributed by atoms with Crippen molar-refractivity contribution in [2.24, 2.45) is 0 Å². The summed E-state index contributed by atoms with van der Waals surface area (Å²) in [5.41, 5.74) is 0.941. The largest absolute Gasteiger partial charge is 0.425 e. The Hall–Kier alpha value is -1.95. The van der Waals surface area contributed by atoms with Crippen molar-refractivity contribution in [1.82, 2.24) is 20.2 Å². The van der Waals surface area contributed by atoms with Crippen LogP contribution in [0.15, 0.2) is 40.0 Å². The molecule has 0 amide bonds. The number of para-hydroxylation sites is 1. The van der Waals surface area contributed by atoms with Crippen LogP contribution in [0.2, 0.25) is 0 Å². The molecule has 0 fully saturated rings. The Kier molecular flexibility index (Phi) is 2.93. The molecule has 1 aromatic carbocycles. The molecule has 0 atom stereocenters. The van der Waals surface area contributed by atoms with Gasteiger partial charge in [0.05, 0.1) is 11.3 Å². The van der Waals surface area contributed by atoms with E-state index in [9.17, 15) is 0 Å². The second kappa shape index (κ2) is 4.73. The van der Waals surface area contributed by atoms with E-state index < -0.39 is 0 Å². The van der Waals surface area contributed by atoms with Crippen molar-refractivity contribution >= 4 is 22.7 Å². The molecule has 90 valence electrons. The van der Waals surface area contributed by atoms with Crippen LogP contribution in [0.5, 0.6) is 0 Å². The van der Waals surface area contributed by atoms with Gasteiger partial charge < -0.3 is 4.42 Å². The van der Waals surface area contributed by atoms with Gasteiger partial charge in [0.15, 0.2) is 0 Å². The fraction of sp³-hybridized carbons (Fsp3) is 0.167. The summed E-state index contributed by atoms with van der Waals surface area (Å²) in [6, 6.07) is 7.92. The van der Waals surface area contributed by atoms with Gasteiger partial charge in [0.25, 0.3) is 0 Å². The zero-order chi connectivity index (χ0) is 12.4. The maximum atomic E-state index is 5.33. The third-order valence-electron chi connectivity index (χ3n) is 2.41. The van der Waals surface area contributed by atoms with Crippen molar-refractivity contribution in [1.29, 1.82) is 0 Å². The summed E-state index contributed by atoms with van der Waals surface area (Å²) < 4.78 is 5.33. The van der Waals surface area contributed by atoms with E-state index >= 15 is 0 Å². The highest BCUT2D eigenvalue weighted by Gasteiger charge is 2.07. The van der Waals surface area contributed by atoms with Crippen LogP contribution in [-0.2, 0) is 5.75 Å². The first-order valence-corrected chi connectivity index (χ1v) is 6.43. The van der Waals surface area contributed by atoms with E-state index in [2.05, 4.69) is 20.2 Å². The molecular weight excluding hydrogens is 248 g/mol. The van der Waals surface area contributed by atoms with Gasteiger partial charge in [0.1, 0.15) is 11.4 Å². The molecule has 0 aliphatic carbocycles. The number of hydrogen-bond donors (Lipinski definition) is 0. The summed E-state index contributed by atoms with van der Waals surface area (Å²) in [4.78, 5) is 8.52. The molecule has 18 heavy (non-hydrogen) atoms. The highest BCUT2D eigenvalue weighted by atomic mass is 32.2. The minimum Gasteiger partial charge on any atom is -0.425 e. The first-order chi connectivity index (χ1) is 8.83. The van der Waals surface area contributed by atoms with Crippen molar-refractivity contribution in [2.75, 3.05) is 0 Å². The molecular formula is C12H10N4OS. The lowest BCUT2D eigenvalue weighted by Gasteiger charge is -2.02. The standard InChI is InChI=1S/C12H10N4OS/c1-8-15-16-11(17-8)6-18-12-9-4-2-3-5-10(9)13-7-14-12/h2-5,7H,6H2,1H3. The van der Waals surface area contributed by atoms with E-state index in [4.69, 9.17) is 4.42 Å². The number of benzene rings is 1. The van der Waals surface area contributed by atoms with Gasteiger partial charge in [0.2, 0.25) is 11.8 Å². The van der Waals surface area contributed by atoms with E-state index in [-0.39, 0.29) is 0 Å². The second-order valence-corrected chi connectivity index (χ2v) is 4.66. The number of thioether (sulfide) groups is 1. The zero-order valence-corrected chi connectivity index (χ0v) is 10.5. The van der Waals surface area contributed by atoms with Gasteiger partial charge in [-0.1, -0.05) is 30.0 Å². The lowest BCUT2D eigenvalue weighted by atomic mass is 10.2. The topological polar surface area (TPSA) is 64.7 Å². The normalized spacial score (nSPS) is 10.9. The number of nitrogens with zero attached hydrogens (tertiary/aromatic N) is 4. The van der Waals surface area contributed by atoms with E-state index in [1.807, 2.05) is 24.3 Å². The zero-order valence-electron chi connectivity index (χ0n) is 9.70. The van der Waals surface area contributed by atoms with Crippen LogP contribution in [-0.4, -0.2) is 20.2 Å². The summed E-state index contributed by atoms with van der Waals surface area (Å²) in [5, 5.41) is 9.73. The molecule has 0 aliphatic heterocycles. The Balaban J connectivity index is 1.86. The number of hydrogen-bond acceptors (Lipinski definition) is 6. The van der Waals surface area contributed by atoms with E-state index in [0.29, 0.717) is 17.5 Å². The average Bonchev–Trinajstić information content (AvgIpc) is 2.82. The first-order valence-electron chi connectivity index (χ1n) is 5.44. The molecule has 6 heteroatoms. The van der Waals surface area contributed by atoms with Crippen LogP contribution in [0.4, 0.5) is 0 Å². The SMILES string of the molecule is Cc1nnc(CSc2ncnc3ccccc23)o1. The maximum absolute atomic E-state index is 5.33. The number of rotatable bonds is 3. The Labute approximate surface area is 108 Å². The molecule has 0 saturated heterocycles. The second-order valence-electron chi connectivity index (χ2n) is 3.70. The van der Waals surface area contributed by atoms with Gasteiger partial charge in [-0.3, -0.25) is 0 Å². The van der Waals surface area contributed by atoms with Crippen LogP contribution in [0.25, 0.3) is 10.9 Å². The predicted octanol–water partition coefficient (Wildman–Crippen LogP) is 2.61. The van der Waals surface area contributed by atoms with Crippen molar-refractivity contribution in [2.45, 2.75) is 17.7 Å². The molecule has 3 rings (SSSR count). The van der Waals surface area contributed by atoms with E-state index in [1.165, 1.54) is 0 Å². The number of aromatic nitrogens is 4. The van der Waals surface area contributed by atoms with E-state index in [1.54, 1.807) is 25.0 Å². The summed E-state index contributed by atoms with van der Waals surface area (Å²) in [6.07, 6.45) is 1.57. The predicted molar refractivity (Wildman–Crippen MR) is 68.1 cm³/mol.